The molecule has 2 aliphatic rings. The van der Waals surface area contributed by atoms with E-state index in [0.717, 1.165) is 55.3 Å². The Balaban J connectivity index is 1.64. The van der Waals surface area contributed by atoms with Crippen LogP contribution in [0, 0.1) is 5.82 Å². The number of rotatable bonds is 5. The molecule has 1 amide bonds. The summed E-state index contributed by atoms with van der Waals surface area (Å²) in [7, 11) is 1.99. The lowest BCUT2D eigenvalue weighted by Crippen LogP contribution is -2.43. The van der Waals surface area contributed by atoms with E-state index in [1.54, 1.807) is 6.07 Å². The maximum absolute atomic E-state index is 15.0. The fraction of sp³-hybridized carbons (Fsp3) is 0.458. The number of likely N-dealkylation sites (N-methyl/N-ethyl adjacent to an activating group) is 1. The SMILES string of the molecule is CN1CCCC1C(=O)NC(c1ccccc1)c1ccc(C2(C)CCC2)c(F)c1. The number of carbonyl (C=O) groups is 1. The van der Waals surface area contributed by atoms with E-state index in [4.69, 9.17) is 0 Å². The van der Waals surface area contributed by atoms with Crippen LogP contribution >= 0.6 is 0 Å². The molecule has 3 nitrogen and oxygen atoms in total. The normalized spacial score (nSPS) is 22.5. The molecule has 0 spiro atoms. The van der Waals surface area contributed by atoms with E-state index in [0.29, 0.717) is 0 Å². The number of nitrogens with zero attached hydrogens (tertiary/aromatic N) is 1. The van der Waals surface area contributed by atoms with Gasteiger partial charge in [-0.15, -0.1) is 0 Å². The van der Waals surface area contributed by atoms with E-state index in [9.17, 15) is 4.79 Å². The second-order valence-electron chi connectivity index (χ2n) is 8.64. The lowest BCUT2D eigenvalue weighted by molar-refractivity contribution is -0.125. The van der Waals surface area contributed by atoms with Gasteiger partial charge in [-0.2, -0.15) is 0 Å². The topological polar surface area (TPSA) is 32.3 Å². The van der Waals surface area contributed by atoms with Crippen LogP contribution in [0.2, 0.25) is 0 Å². The highest BCUT2D eigenvalue weighted by atomic mass is 19.1. The Labute approximate surface area is 166 Å². The van der Waals surface area contributed by atoms with Gasteiger partial charge in [-0.05, 0) is 67.4 Å². The molecule has 2 atom stereocenters. The standard InChI is InChI=1S/C24H29FN2O/c1-24(13-7-14-24)19-12-11-18(16-20(19)25)22(17-8-4-3-5-9-17)26-23(28)21-10-6-15-27(21)2/h3-5,8-9,11-12,16,21-22H,6-7,10,13-15H2,1-2H3,(H,26,28). The van der Waals surface area contributed by atoms with Crippen molar-refractivity contribution in [2.45, 2.75) is 56.5 Å². The summed E-state index contributed by atoms with van der Waals surface area (Å²) in [6.45, 7) is 3.08. The number of carbonyl (C=O) groups excluding carboxylic acids is 1. The van der Waals surface area contributed by atoms with Crippen LogP contribution in [0.5, 0.6) is 0 Å². The molecule has 2 aromatic carbocycles. The Morgan fingerprint density at radius 3 is 2.46 bits per heavy atom. The minimum atomic E-state index is -0.347. The van der Waals surface area contributed by atoms with Crippen molar-refractivity contribution in [1.29, 1.82) is 0 Å². The Bertz CT molecular complexity index is 847. The summed E-state index contributed by atoms with van der Waals surface area (Å²) in [5.74, 6) is -0.142. The quantitative estimate of drug-likeness (QED) is 0.824. The fourth-order valence-electron chi connectivity index (χ4n) is 4.66. The molecule has 148 valence electrons. The lowest BCUT2D eigenvalue weighted by Gasteiger charge is -2.39. The number of amides is 1. The smallest absolute Gasteiger partial charge is 0.238 e. The summed E-state index contributed by atoms with van der Waals surface area (Å²) in [6, 6.07) is 14.9. The molecule has 28 heavy (non-hydrogen) atoms. The number of halogens is 1. The molecule has 1 saturated heterocycles. The molecule has 4 rings (SSSR count). The first-order chi connectivity index (χ1) is 13.5. The number of hydrogen-bond donors (Lipinski definition) is 1. The lowest BCUT2D eigenvalue weighted by atomic mass is 9.66. The van der Waals surface area contributed by atoms with Gasteiger partial charge in [0.1, 0.15) is 5.82 Å². The van der Waals surface area contributed by atoms with Crippen molar-refractivity contribution in [3.05, 3.63) is 71.0 Å². The zero-order valence-electron chi connectivity index (χ0n) is 16.7. The summed E-state index contributed by atoms with van der Waals surface area (Å²) in [5.41, 5.74) is 2.53. The van der Waals surface area contributed by atoms with Gasteiger partial charge in [0.2, 0.25) is 5.91 Å². The predicted molar refractivity (Wildman–Crippen MR) is 110 cm³/mol. The molecule has 1 aliphatic heterocycles. The van der Waals surface area contributed by atoms with Gasteiger partial charge in [0.25, 0.3) is 0 Å². The van der Waals surface area contributed by atoms with Gasteiger partial charge in [-0.1, -0.05) is 55.8 Å². The molecule has 0 bridgehead atoms. The predicted octanol–water partition coefficient (Wildman–Crippen LogP) is 4.57. The highest BCUT2D eigenvalue weighted by molar-refractivity contribution is 5.82. The van der Waals surface area contributed by atoms with Crippen molar-refractivity contribution in [1.82, 2.24) is 10.2 Å². The average molecular weight is 381 g/mol. The molecule has 2 aromatic rings. The Hall–Kier alpha value is -2.20. The van der Waals surface area contributed by atoms with Crippen LogP contribution in [0.4, 0.5) is 4.39 Å². The zero-order chi connectivity index (χ0) is 19.7. The molecule has 2 unspecified atom stereocenters. The first-order valence-corrected chi connectivity index (χ1v) is 10.3. The largest absolute Gasteiger partial charge is 0.344 e. The van der Waals surface area contributed by atoms with Gasteiger partial charge in [0.15, 0.2) is 0 Å². The number of nitrogens with one attached hydrogen (secondary N) is 1. The van der Waals surface area contributed by atoms with Crippen molar-refractivity contribution in [3.8, 4) is 0 Å². The van der Waals surface area contributed by atoms with Crippen molar-refractivity contribution < 1.29 is 9.18 Å². The maximum atomic E-state index is 15.0. The van der Waals surface area contributed by atoms with Crippen LogP contribution in [0.25, 0.3) is 0 Å². The van der Waals surface area contributed by atoms with Gasteiger partial charge in [0.05, 0.1) is 12.1 Å². The monoisotopic (exact) mass is 380 g/mol. The van der Waals surface area contributed by atoms with Crippen LogP contribution in [0.3, 0.4) is 0 Å². The summed E-state index contributed by atoms with van der Waals surface area (Å²) >= 11 is 0. The van der Waals surface area contributed by atoms with Crippen LogP contribution in [0.1, 0.15) is 61.8 Å². The Morgan fingerprint density at radius 1 is 1.14 bits per heavy atom. The summed E-state index contributed by atoms with van der Waals surface area (Å²) < 4.78 is 15.0. The van der Waals surface area contributed by atoms with E-state index < -0.39 is 0 Å². The highest BCUT2D eigenvalue weighted by Crippen LogP contribution is 2.44. The van der Waals surface area contributed by atoms with Crippen molar-refractivity contribution in [3.63, 3.8) is 0 Å². The van der Waals surface area contributed by atoms with Crippen molar-refractivity contribution in [2.75, 3.05) is 13.6 Å². The first kappa shape index (κ1) is 19.1. The van der Waals surface area contributed by atoms with Crippen molar-refractivity contribution >= 4 is 5.91 Å². The third-order valence-electron chi connectivity index (χ3n) is 6.68. The molecule has 1 N–H and O–H groups in total. The third-order valence-corrected chi connectivity index (χ3v) is 6.68. The van der Waals surface area contributed by atoms with Gasteiger partial charge in [0, 0.05) is 0 Å². The average Bonchev–Trinajstić information content (AvgIpc) is 3.11. The van der Waals surface area contributed by atoms with E-state index >= 15 is 4.39 Å². The number of benzene rings is 2. The van der Waals surface area contributed by atoms with E-state index in [1.807, 2.05) is 49.5 Å². The van der Waals surface area contributed by atoms with Gasteiger partial charge in [-0.3, -0.25) is 9.69 Å². The van der Waals surface area contributed by atoms with Gasteiger partial charge >= 0.3 is 0 Å². The summed E-state index contributed by atoms with van der Waals surface area (Å²) in [5, 5.41) is 3.19. The zero-order valence-corrected chi connectivity index (χ0v) is 16.7. The minimum absolute atomic E-state index is 0.0179. The van der Waals surface area contributed by atoms with E-state index in [-0.39, 0.29) is 29.2 Å². The van der Waals surface area contributed by atoms with Crippen LogP contribution in [0.15, 0.2) is 48.5 Å². The molecule has 1 heterocycles. The van der Waals surface area contributed by atoms with E-state index in [1.165, 1.54) is 0 Å². The minimum Gasteiger partial charge on any atom is -0.344 e. The van der Waals surface area contributed by atoms with Crippen LogP contribution < -0.4 is 5.32 Å². The maximum Gasteiger partial charge on any atom is 0.238 e. The molecule has 2 fully saturated rings. The van der Waals surface area contributed by atoms with E-state index in [2.05, 4.69) is 17.1 Å². The first-order valence-electron chi connectivity index (χ1n) is 10.3. The molecular weight excluding hydrogens is 351 g/mol. The molecular formula is C24H29FN2O. The highest BCUT2D eigenvalue weighted by Gasteiger charge is 2.36. The molecule has 0 radical (unpaired) electrons. The number of hydrogen-bond acceptors (Lipinski definition) is 2. The van der Waals surface area contributed by atoms with Crippen LogP contribution in [-0.4, -0.2) is 30.4 Å². The Morgan fingerprint density at radius 2 is 1.89 bits per heavy atom. The molecule has 0 aromatic heterocycles. The van der Waals surface area contributed by atoms with Gasteiger partial charge < -0.3 is 5.32 Å². The molecule has 1 saturated carbocycles. The second kappa shape index (κ2) is 7.67. The molecule has 4 heteroatoms. The summed E-state index contributed by atoms with van der Waals surface area (Å²) in [4.78, 5) is 15.0. The van der Waals surface area contributed by atoms with Crippen LogP contribution in [-0.2, 0) is 10.2 Å². The fourth-order valence-corrected chi connectivity index (χ4v) is 4.66. The molecule has 1 aliphatic carbocycles. The second-order valence-corrected chi connectivity index (χ2v) is 8.64. The van der Waals surface area contributed by atoms with Gasteiger partial charge in [-0.25, -0.2) is 4.39 Å². The van der Waals surface area contributed by atoms with Crippen molar-refractivity contribution in [2.24, 2.45) is 0 Å². The summed E-state index contributed by atoms with van der Waals surface area (Å²) in [6.07, 6.45) is 5.14. The third kappa shape index (κ3) is 3.58. The Kier molecular flexibility index (Phi) is 5.24. The number of likely N-dealkylation sites (tertiary alicyclic amines) is 1.